The lowest BCUT2D eigenvalue weighted by molar-refractivity contribution is 0.454. The number of aromatic nitrogens is 5. The van der Waals surface area contributed by atoms with Gasteiger partial charge in [0.05, 0.1) is 11.1 Å². The number of benzene rings is 1. The fourth-order valence-corrected chi connectivity index (χ4v) is 4.07. The minimum Gasteiger partial charge on any atom is -0.317 e. The van der Waals surface area contributed by atoms with Crippen molar-refractivity contribution < 1.29 is 0 Å². The summed E-state index contributed by atoms with van der Waals surface area (Å²) < 4.78 is 1.66. The lowest BCUT2D eigenvalue weighted by atomic mass is 9.91. The van der Waals surface area contributed by atoms with Gasteiger partial charge < -0.3 is 5.32 Å². The number of H-pyrrole nitrogens is 1. The summed E-state index contributed by atoms with van der Waals surface area (Å²) in [6.45, 7) is 4.21. The van der Waals surface area contributed by atoms with E-state index < -0.39 is 0 Å². The predicted octanol–water partition coefficient (Wildman–Crippen LogP) is 2.92. The van der Waals surface area contributed by atoms with Crippen molar-refractivity contribution in [2.45, 2.75) is 25.7 Å². The van der Waals surface area contributed by atoms with E-state index in [0.29, 0.717) is 17.1 Å². The molecule has 134 valence electrons. The maximum Gasteiger partial charge on any atom is 0.173 e. The molecule has 1 aliphatic heterocycles. The number of hydrogen-bond donors (Lipinski definition) is 2. The van der Waals surface area contributed by atoms with Gasteiger partial charge >= 0.3 is 0 Å². The van der Waals surface area contributed by atoms with Crippen molar-refractivity contribution in [3.63, 3.8) is 0 Å². The Morgan fingerprint density at radius 3 is 2.89 bits per heavy atom. The summed E-state index contributed by atoms with van der Waals surface area (Å²) in [4.78, 5) is 4.16. The molecule has 1 fully saturated rings. The Kier molecular flexibility index (Phi) is 3.66. The summed E-state index contributed by atoms with van der Waals surface area (Å²) in [5.41, 5.74) is 6.44. The average molecular weight is 357 g/mol. The standard InChI is InChI=1S/C20H19N7/c1-12-6-17-18(25-26-19(17)13-2-4-22-5-3-13)8-16(12)15-7-14(9-21)20-23-11-24-27(20)10-15/h6-8,10-11,13,22H,2-5H2,1H3,(H,25,26). The maximum atomic E-state index is 9.46. The SMILES string of the molecule is Cc1cc2c(C3CCNCC3)[nH]nc2cc1-c1cc(C#N)c2ncnn2c1. The fourth-order valence-electron chi connectivity index (χ4n) is 4.07. The number of aryl methyl sites for hydroxylation is 1. The van der Waals surface area contributed by atoms with Crippen LogP contribution in [0.2, 0.25) is 0 Å². The van der Waals surface area contributed by atoms with Crippen molar-refractivity contribution in [3.05, 3.63) is 47.5 Å². The van der Waals surface area contributed by atoms with Crippen LogP contribution in [0.4, 0.5) is 0 Å². The Hall–Kier alpha value is -3.24. The number of nitrogens with one attached hydrogen (secondary N) is 2. The number of rotatable bonds is 2. The van der Waals surface area contributed by atoms with Crippen LogP contribution in [0.5, 0.6) is 0 Å². The molecule has 4 heterocycles. The first-order valence-corrected chi connectivity index (χ1v) is 9.18. The van der Waals surface area contributed by atoms with E-state index in [1.54, 1.807) is 4.52 Å². The summed E-state index contributed by atoms with van der Waals surface area (Å²) in [5.74, 6) is 0.526. The topological polar surface area (TPSA) is 94.7 Å². The molecule has 1 aromatic carbocycles. The fraction of sp³-hybridized carbons (Fsp3) is 0.300. The van der Waals surface area contributed by atoms with E-state index in [1.165, 1.54) is 17.4 Å². The van der Waals surface area contributed by atoms with E-state index in [2.05, 4.69) is 50.7 Å². The summed E-state index contributed by atoms with van der Waals surface area (Å²) in [6, 6.07) is 8.41. The summed E-state index contributed by atoms with van der Waals surface area (Å²) >= 11 is 0. The van der Waals surface area contributed by atoms with Crippen LogP contribution in [0.25, 0.3) is 27.7 Å². The van der Waals surface area contributed by atoms with Gasteiger partial charge in [0.1, 0.15) is 12.4 Å². The Balaban J connectivity index is 1.64. The Morgan fingerprint density at radius 1 is 1.22 bits per heavy atom. The van der Waals surface area contributed by atoms with E-state index in [0.717, 1.165) is 48.1 Å². The number of pyridine rings is 1. The zero-order valence-electron chi connectivity index (χ0n) is 15.0. The highest BCUT2D eigenvalue weighted by atomic mass is 15.3. The smallest absolute Gasteiger partial charge is 0.173 e. The zero-order valence-corrected chi connectivity index (χ0v) is 15.0. The van der Waals surface area contributed by atoms with Gasteiger partial charge in [0.15, 0.2) is 5.65 Å². The molecular weight excluding hydrogens is 338 g/mol. The number of hydrogen-bond acceptors (Lipinski definition) is 5. The Morgan fingerprint density at radius 2 is 2.07 bits per heavy atom. The van der Waals surface area contributed by atoms with Gasteiger partial charge in [-0.1, -0.05) is 0 Å². The van der Waals surface area contributed by atoms with Gasteiger partial charge in [-0.3, -0.25) is 5.10 Å². The molecule has 0 bridgehead atoms. The molecular formula is C20H19N7. The third kappa shape index (κ3) is 2.57. The largest absolute Gasteiger partial charge is 0.317 e. The molecule has 1 saturated heterocycles. The average Bonchev–Trinajstić information content (AvgIpc) is 3.33. The molecule has 7 nitrogen and oxygen atoms in total. The second-order valence-electron chi connectivity index (χ2n) is 7.13. The molecule has 0 aliphatic carbocycles. The number of nitriles is 1. The van der Waals surface area contributed by atoms with Gasteiger partial charge in [0.25, 0.3) is 0 Å². The van der Waals surface area contributed by atoms with Crippen LogP contribution in [-0.2, 0) is 0 Å². The lowest BCUT2D eigenvalue weighted by Crippen LogP contribution is -2.26. The van der Waals surface area contributed by atoms with Gasteiger partial charge in [-0.2, -0.15) is 15.5 Å². The highest BCUT2D eigenvalue weighted by molar-refractivity contribution is 5.88. The minimum absolute atomic E-state index is 0.516. The Labute approximate surface area is 156 Å². The first-order chi connectivity index (χ1) is 13.2. The molecule has 0 spiro atoms. The lowest BCUT2D eigenvalue weighted by Gasteiger charge is -2.21. The van der Waals surface area contributed by atoms with Crippen molar-refractivity contribution >= 4 is 16.6 Å². The third-order valence-corrected chi connectivity index (χ3v) is 5.48. The molecule has 5 rings (SSSR count). The molecule has 2 N–H and O–H groups in total. The van der Waals surface area contributed by atoms with E-state index in [1.807, 2.05) is 12.3 Å². The first kappa shape index (κ1) is 16.0. The number of fused-ring (bicyclic) bond motifs is 2. The van der Waals surface area contributed by atoms with Gasteiger partial charge in [-0.05, 0) is 62.2 Å². The molecule has 0 radical (unpaired) electrons. The van der Waals surface area contributed by atoms with Crippen molar-refractivity contribution in [1.82, 2.24) is 30.1 Å². The molecule has 0 saturated carbocycles. The number of nitrogens with zero attached hydrogens (tertiary/aromatic N) is 5. The van der Waals surface area contributed by atoms with Crippen molar-refractivity contribution in [2.75, 3.05) is 13.1 Å². The highest BCUT2D eigenvalue weighted by Gasteiger charge is 2.20. The Bertz CT molecular complexity index is 1190. The van der Waals surface area contributed by atoms with Crippen molar-refractivity contribution in [3.8, 4) is 17.2 Å². The monoisotopic (exact) mass is 357 g/mol. The van der Waals surface area contributed by atoms with Crippen LogP contribution in [-0.4, -0.2) is 37.9 Å². The van der Waals surface area contributed by atoms with Crippen LogP contribution in [0.3, 0.4) is 0 Å². The van der Waals surface area contributed by atoms with Gasteiger partial charge in [0.2, 0.25) is 0 Å². The van der Waals surface area contributed by atoms with Crippen molar-refractivity contribution in [1.29, 1.82) is 5.26 Å². The quantitative estimate of drug-likeness (QED) is 0.575. The van der Waals surface area contributed by atoms with E-state index >= 15 is 0 Å². The summed E-state index contributed by atoms with van der Waals surface area (Å²) in [5, 5.41) is 26.1. The summed E-state index contributed by atoms with van der Waals surface area (Å²) in [7, 11) is 0. The number of piperidine rings is 1. The van der Waals surface area contributed by atoms with Crippen LogP contribution in [0.1, 0.15) is 35.6 Å². The number of aromatic amines is 1. The zero-order chi connectivity index (χ0) is 18.4. The summed E-state index contributed by atoms with van der Waals surface area (Å²) in [6.07, 6.45) is 5.64. The van der Waals surface area contributed by atoms with Gasteiger partial charge in [0, 0.05) is 28.8 Å². The molecule has 0 atom stereocenters. The van der Waals surface area contributed by atoms with Crippen LogP contribution < -0.4 is 5.32 Å². The molecule has 4 aromatic rings. The molecule has 27 heavy (non-hydrogen) atoms. The van der Waals surface area contributed by atoms with Gasteiger partial charge in [-0.25, -0.2) is 9.50 Å². The van der Waals surface area contributed by atoms with E-state index in [9.17, 15) is 5.26 Å². The van der Waals surface area contributed by atoms with E-state index in [4.69, 9.17) is 0 Å². The van der Waals surface area contributed by atoms with Crippen LogP contribution in [0, 0.1) is 18.3 Å². The highest BCUT2D eigenvalue weighted by Crippen LogP contribution is 2.34. The predicted molar refractivity (Wildman–Crippen MR) is 102 cm³/mol. The van der Waals surface area contributed by atoms with Crippen molar-refractivity contribution in [2.24, 2.45) is 0 Å². The van der Waals surface area contributed by atoms with E-state index in [-0.39, 0.29) is 0 Å². The maximum absolute atomic E-state index is 9.46. The molecule has 7 heteroatoms. The van der Waals surface area contributed by atoms with Gasteiger partial charge in [-0.15, -0.1) is 0 Å². The molecule has 0 unspecified atom stereocenters. The van der Waals surface area contributed by atoms with Crippen LogP contribution >= 0.6 is 0 Å². The molecule has 0 amide bonds. The molecule has 3 aromatic heterocycles. The second kappa shape index (κ2) is 6.18. The van der Waals surface area contributed by atoms with Crippen LogP contribution in [0.15, 0.2) is 30.7 Å². The minimum atomic E-state index is 0.516. The normalized spacial score (nSPS) is 15.4. The first-order valence-electron chi connectivity index (χ1n) is 9.18. The molecule has 1 aliphatic rings. The third-order valence-electron chi connectivity index (χ3n) is 5.48. The second-order valence-corrected chi connectivity index (χ2v) is 7.13.